The number of aromatic nitrogens is 4. The van der Waals surface area contributed by atoms with Crippen molar-refractivity contribution < 1.29 is 0 Å². The van der Waals surface area contributed by atoms with Gasteiger partial charge in [-0.2, -0.15) is 0 Å². The molecule has 8 heteroatoms. The van der Waals surface area contributed by atoms with Gasteiger partial charge in [0.15, 0.2) is 0 Å². The summed E-state index contributed by atoms with van der Waals surface area (Å²) in [7, 11) is 0. The highest BCUT2D eigenvalue weighted by Gasteiger charge is 2.16. The van der Waals surface area contributed by atoms with Gasteiger partial charge < -0.3 is 0 Å². The minimum absolute atomic E-state index is 0.357. The molecule has 0 aliphatic carbocycles. The molecule has 0 aliphatic heterocycles. The summed E-state index contributed by atoms with van der Waals surface area (Å²) in [5.41, 5.74) is 0.644. The zero-order valence-electron chi connectivity index (χ0n) is 21.6. The van der Waals surface area contributed by atoms with E-state index in [1.54, 1.807) is 94.1 Å². The molecular formula is C32H26N4O4. The van der Waals surface area contributed by atoms with Crippen molar-refractivity contribution in [2.24, 2.45) is 0 Å². The molecule has 8 nitrogen and oxygen atoms in total. The SMILES string of the molecule is O=c1c2ccccc2n(CCCCn2c(=O)n(-c3ccccc3)c(=O)c3ccccc32)c(=O)n1-c1ccccc1. The quantitative estimate of drug-likeness (QED) is 0.291. The van der Waals surface area contributed by atoms with Crippen LogP contribution in [-0.2, 0) is 13.1 Å². The lowest BCUT2D eigenvalue weighted by atomic mass is 10.2. The van der Waals surface area contributed by atoms with E-state index < -0.39 is 11.4 Å². The predicted octanol–water partition coefficient (Wildman–Crippen LogP) is 4.10. The molecule has 6 aromatic rings. The van der Waals surface area contributed by atoms with Crippen LogP contribution in [0.1, 0.15) is 12.8 Å². The lowest BCUT2D eigenvalue weighted by Crippen LogP contribution is -2.39. The first kappa shape index (κ1) is 25.1. The molecule has 0 unspecified atom stereocenters. The Morgan fingerprint density at radius 1 is 0.425 bits per heavy atom. The van der Waals surface area contributed by atoms with E-state index in [9.17, 15) is 19.2 Å². The van der Waals surface area contributed by atoms with Gasteiger partial charge in [0.05, 0.1) is 33.2 Å². The molecule has 2 aromatic heterocycles. The third-order valence-electron chi connectivity index (χ3n) is 7.14. The summed E-state index contributed by atoms with van der Waals surface area (Å²) in [5.74, 6) is 0. The van der Waals surface area contributed by atoms with E-state index in [0.717, 1.165) is 0 Å². The fraction of sp³-hybridized carbons (Fsp3) is 0.125. The fourth-order valence-electron chi connectivity index (χ4n) is 5.22. The van der Waals surface area contributed by atoms with Gasteiger partial charge in [-0.05, 0) is 61.4 Å². The Balaban J connectivity index is 1.36. The fourth-order valence-corrected chi connectivity index (χ4v) is 5.22. The molecule has 6 rings (SSSR count). The Morgan fingerprint density at radius 2 is 0.775 bits per heavy atom. The van der Waals surface area contributed by atoms with Crippen LogP contribution < -0.4 is 22.5 Å². The van der Waals surface area contributed by atoms with Crippen LogP contribution in [0.25, 0.3) is 33.2 Å². The molecule has 0 atom stereocenters. The maximum Gasteiger partial charge on any atom is 0.336 e. The minimum atomic E-state index is -0.407. The average molecular weight is 531 g/mol. The second-order valence-corrected chi connectivity index (χ2v) is 9.56. The van der Waals surface area contributed by atoms with Crippen LogP contribution in [0.4, 0.5) is 0 Å². The van der Waals surface area contributed by atoms with Crippen molar-refractivity contribution in [1.29, 1.82) is 0 Å². The van der Waals surface area contributed by atoms with Crippen molar-refractivity contribution in [3.8, 4) is 11.4 Å². The van der Waals surface area contributed by atoms with Gasteiger partial charge in [-0.15, -0.1) is 0 Å². The standard InChI is InChI=1S/C32H26N4O4/c37-29-25-17-7-9-19-27(25)33(31(39)35(29)23-13-3-1-4-14-23)21-11-12-22-34-28-20-10-8-18-26(28)30(38)36(32(34)40)24-15-5-2-6-16-24/h1-10,13-20H,11-12,21-22H2. The first-order valence-corrected chi connectivity index (χ1v) is 13.2. The molecule has 0 amide bonds. The Hall–Kier alpha value is -5.24. The van der Waals surface area contributed by atoms with Gasteiger partial charge in [-0.25, -0.2) is 18.7 Å². The summed E-state index contributed by atoms with van der Waals surface area (Å²) in [5, 5.41) is 0.922. The molecule has 0 spiro atoms. The summed E-state index contributed by atoms with van der Waals surface area (Å²) in [6.45, 7) is 0.717. The van der Waals surface area contributed by atoms with E-state index in [4.69, 9.17) is 0 Å². The largest absolute Gasteiger partial charge is 0.336 e. The number of hydrogen-bond acceptors (Lipinski definition) is 4. The van der Waals surface area contributed by atoms with Crippen molar-refractivity contribution in [3.05, 3.63) is 151 Å². The third-order valence-corrected chi connectivity index (χ3v) is 7.14. The molecule has 0 N–H and O–H groups in total. The van der Waals surface area contributed by atoms with Gasteiger partial charge >= 0.3 is 11.4 Å². The summed E-state index contributed by atoms with van der Waals surface area (Å²) < 4.78 is 5.65. The third kappa shape index (κ3) is 4.29. The Labute approximate surface area is 228 Å². The molecule has 4 aromatic carbocycles. The van der Waals surface area contributed by atoms with Crippen molar-refractivity contribution in [1.82, 2.24) is 18.3 Å². The first-order valence-electron chi connectivity index (χ1n) is 13.2. The molecular weight excluding hydrogens is 504 g/mol. The van der Waals surface area contributed by atoms with Gasteiger partial charge in [0, 0.05) is 13.1 Å². The van der Waals surface area contributed by atoms with Gasteiger partial charge in [0.2, 0.25) is 0 Å². The first-order chi connectivity index (χ1) is 19.6. The molecule has 0 bridgehead atoms. The van der Waals surface area contributed by atoms with Crippen LogP contribution >= 0.6 is 0 Å². The number of para-hydroxylation sites is 4. The van der Waals surface area contributed by atoms with E-state index >= 15 is 0 Å². The van der Waals surface area contributed by atoms with E-state index in [-0.39, 0.29) is 11.1 Å². The Kier molecular flexibility index (Phi) is 6.57. The molecule has 0 aliphatic rings. The normalized spacial score (nSPS) is 11.3. The van der Waals surface area contributed by atoms with Crippen LogP contribution in [0.3, 0.4) is 0 Å². The molecule has 2 heterocycles. The smallest absolute Gasteiger partial charge is 0.293 e. The summed E-state index contributed by atoms with van der Waals surface area (Å²) in [6.07, 6.45) is 1.14. The van der Waals surface area contributed by atoms with Crippen LogP contribution in [0.5, 0.6) is 0 Å². The highest BCUT2D eigenvalue weighted by atomic mass is 16.2. The zero-order chi connectivity index (χ0) is 27.6. The second-order valence-electron chi connectivity index (χ2n) is 9.56. The number of fused-ring (bicyclic) bond motifs is 2. The maximum absolute atomic E-state index is 13.6. The summed E-state index contributed by atoms with van der Waals surface area (Å²) >= 11 is 0. The highest BCUT2D eigenvalue weighted by molar-refractivity contribution is 5.79. The van der Waals surface area contributed by atoms with Gasteiger partial charge in [0.25, 0.3) is 11.1 Å². The molecule has 40 heavy (non-hydrogen) atoms. The monoisotopic (exact) mass is 530 g/mol. The molecule has 0 saturated carbocycles. The number of nitrogens with zero attached hydrogens (tertiary/aromatic N) is 4. The van der Waals surface area contributed by atoms with Gasteiger partial charge in [0.1, 0.15) is 0 Å². The minimum Gasteiger partial charge on any atom is -0.293 e. The second kappa shape index (κ2) is 10.5. The van der Waals surface area contributed by atoms with Gasteiger partial charge in [-0.3, -0.25) is 18.7 Å². The highest BCUT2D eigenvalue weighted by Crippen LogP contribution is 2.13. The Bertz CT molecular complexity index is 1940. The molecule has 198 valence electrons. The summed E-state index contributed by atoms with van der Waals surface area (Å²) in [4.78, 5) is 53.6. The van der Waals surface area contributed by atoms with Crippen molar-refractivity contribution in [2.45, 2.75) is 25.9 Å². The lowest BCUT2D eigenvalue weighted by molar-refractivity contribution is 0.533. The van der Waals surface area contributed by atoms with Gasteiger partial charge in [-0.1, -0.05) is 60.7 Å². The Morgan fingerprint density at radius 3 is 1.18 bits per heavy atom. The number of unbranched alkanes of at least 4 members (excludes halogenated alkanes) is 1. The summed E-state index contributed by atoms with van der Waals surface area (Å²) in [6, 6.07) is 32.0. The van der Waals surface area contributed by atoms with E-state index in [0.29, 0.717) is 59.1 Å². The average Bonchev–Trinajstić information content (AvgIpc) is 2.99. The lowest BCUT2D eigenvalue weighted by Gasteiger charge is -2.16. The zero-order valence-corrected chi connectivity index (χ0v) is 21.6. The van der Waals surface area contributed by atoms with E-state index in [1.165, 1.54) is 9.13 Å². The van der Waals surface area contributed by atoms with E-state index in [2.05, 4.69) is 0 Å². The van der Waals surface area contributed by atoms with Crippen molar-refractivity contribution in [2.75, 3.05) is 0 Å². The number of hydrogen-bond donors (Lipinski definition) is 0. The number of benzene rings is 4. The van der Waals surface area contributed by atoms with Crippen LogP contribution in [0, 0.1) is 0 Å². The van der Waals surface area contributed by atoms with Crippen LogP contribution in [-0.4, -0.2) is 18.3 Å². The van der Waals surface area contributed by atoms with Crippen molar-refractivity contribution in [3.63, 3.8) is 0 Å². The van der Waals surface area contributed by atoms with Crippen molar-refractivity contribution >= 4 is 21.8 Å². The van der Waals surface area contributed by atoms with Crippen LogP contribution in [0.15, 0.2) is 128 Å². The van der Waals surface area contributed by atoms with E-state index in [1.807, 2.05) is 24.3 Å². The molecule has 0 fully saturated rings. The van der Waals surface area contributed by atoms with Crippen LogP contribution in [0.2, 0.25) is 0 Å². The number of rotatable bonds is 7. The number of aryl methyl sites for hydroxylation is 2. The maximum atomic E-state index is 13.6. The molecule has 0 saturated heterocycles. The predicted molar refractivity (Wildman–Crippen MR) is 157 cm³/mol. The molecule has 0 radical (unpaired) electrons. The topological polar surface area (TPSA) is 88.0 Å².